The van der Waals surface area contributed by atoms with E-state index in [0.29, 0.717) is 18.7 Å². The summed E-state index contributed by atoms with van der Waals surface area (Å²) in [5, 5.41) is 8.40. The number of rotatable bonds is 5. The molecule has 2 amide bonds. The van der Waals surface area contributed by atoms with Crippen molar-refractivity contribution in [1.82, 2.24) is 30.4 Å². The number of halogens is 1. The highest BCUT2D eigenvalue weighted by Gasteiger charge is 2.18. The van der Waals surface area contributed by atoms with Gasteiger partial charge in [0.25, 0.3) is 5.91 Å². The van der Waals surface area contributed by atoms with E-state index in [1.54, 1.807) is 22.5 Å². The Balaban J connectivity index is 1.89. The van der Waals surface area contributed by atoms with Gasteiger partial charge in [-0.25, -0.2) is 0 Å². The number of aryl methyl sites for hydroxylation is 2. The standard InChI is InChI=1S/C15H21BrN6O2/c1-5-21-8-12(6-17-21)15(24)19-18-14(23)9(2)7-22-11(4)13(16)10(3)20-22/h6,8-9H,5,7H2,1-4H3,(H,18,23)(H,19,24). The van der Waals surface area contributed by atoms with E-state index in [0.717, 1.165) is 15.9 Å². The third kappa shape index (κ3) is 4.02. The molecule has 2 heterocycles. The van der Waals surface area contributed by atoms with Crippen LogP contribution in [0.25, 0.3) is 0 Å². The first-order valence-corrected chi connectivity index (χ1v) is 8.45. The van der Waals surface area contributed by atoms with E-state index in [2.05, 4.69) is 37.0 Å². The van der Waals surface area contributed by atoms with Crippen LogP contribution in [0.2, 0.25) is 0 Å². The molecule has 0 radical (unpaired) electrons. The number of carbonyl (C=O) groups excluding carboxylic acids is 2. The van der Waals surface area contributed by atoms with Gasteiger partial charge in [-0.1, -0.05) is 6.92 Å². The summed E-state index contributed by atoms with van der Waals surface area (Å²) in [5.74, 6) is -1.03. The fourth-order valence-electron chi connectivity index (χ4n) is 2.16. The maximum Gasteiger partial charge on any atom is 0.272 e. The normalized spacial score (nSPS) is 12.0. The van der Waals surface area contributed by atoms with Crippen molar-refractivity contribution in [2.45, 2.75) is 40.8 Å². The molecule has 0 spiro atoms. The third-order valence-corrected chi connectivity index (χ3v) is 4.85. The van der Waals surface area contributed by atoms with Gasteiger partial charge in [-0.3, -0.25) is 29.8 Å². The summed E-state index contributed by atoms with van der Waals surface area (Å²) in [6, 6.07) is 0. The molecule has 0 aliphatic rings. The number of amides is 2. The lowest BCUT2D eigenvalue weighted by atomic mass is 10.1. The molecule has 130 valence electrons. The van der Waals surface area contributed by atoms with Gasteiger partial charge >= 0.3 is 0 Å². The van der Waals surface area contributed by atoms with Crippen molar-refractivity contribution in [3.63, 3.8) is 0 Å². The number of hydrogen-bond donors (Lipinski definition) is 2. The molecule has 1 unspecified atom stereocenters. The Labute approximate surface area is 148 Å². The molecule has 0 saturated heterocycles. The molecule has 2 aromatic rings. The summed E-state index contributed by atoms with van der Waals surface area (Å²) in [5.41, 5.74) is 7.08. The van der Waals surface area contributed by atoms with Gasteiger partial charge in [0, 0.05) is 18.4 Å². The highest BCUT2D eigenvalue weighted by Crippen LogP contribution is 2.20. The second-order valence-corrected chi connectivity index (χ2v) is 6.39. The maximum atomic E-state index is 12.1. The van der Waals surface area contributed by atoms with Gasteiger partial charge in [0.1, 0.15) is 0 Å². The van der Waals surface area contributed by atoms with Gasteiger partial charge < -0.3 is 0 Å². The Morgan fingerprint density at radius 2 is 2.04 bits per heavy atom. The van der Waals surface area contributed by atoms with Crippen LogP contribution >= 0.6 is 15.9 Å². The van der Waals surface area contributed by atoms with Crippen molar-refractivity contribution in [2.75, 3.05) is 0 Å². The first kappa shape index (κ1) is 18.2. The first-order valence-electron chi connectivity index (χ1n) is 7.65. The Morgan fingerprint density at radius 1 is 1.33 bits per heavy atom. The second kappa shape index (κ2) is 7.61. The molecule has 2 aromatic heterocycles. The van der Waals surface area contributed by atoms with Gasteiger partial charge in [0.15, 0.2) is 0 Å². The summed E-state index contributed by atoms with van der Waals surface area (Å²) in [6.45, 7) is 8.63. The van der Waals surface area contributed by atoms with Gasteiger partial charge in [-0.15, -0.1) is 0 Å². The van der Waals surface area contributed by atoms with Crippen molar-refractivity contribution in [3.05, 3.63) is 33.8 Å². The highest BCUT2D eigenvalue weighted by molar-refractivity contribution is 9.10. The largest absolute Gasteiger partial charge is 0.273 e. The molecule has 0 saturated carbocycles. The van der Waals surface area contributed by atoms with E-state index in [9.17, 15) is 9.59 Å². The van der Waals surface area contributed by atoms with Crippen molar-refractivity contribution in [2.24, 2.45) is 5.92 Å². The zero-order chi connectivity index (χ0) is 17.9. The molecule has 1 atom stereocenters. The van der Waals surface area contributed by atoms with Gasteiger partial charge in [-0.2, -0.15) is 10.2 Å². The van der Waals surface area contributed by atoms with Crippen LogP contribution < -0.4 is 10.9 Å². The average Bonchev–Trinajstić information content (AvgIpc) is 3.14. The Hall–Kier alpha value is -2.16. The summed E-state index contributed by atoms with van der Waals surface area (Å²) in [6.07, 6.45) is 3.08. The van der Waals surface area contributed by atoms with Crippen LogP contribution in [-0.2, 0) is 17.9 Å². The van der Waals surface area contributed by atoms with E-state index >= 15 is 0 Å². The number of aromatic nitrogens is 4. The molecule has 0 aliphatic heterocycles. The average molecular weight is 397 g/mol. The molecule has 0 aliphatic carbocycles. The molecule has 24 heavy (non-hydrogen) atoms. The number of hydrazine groups is 1. The van der Waals surface area contributed by atoms with Crippen LogP contribution in [0.1, 0.15) is 35.6 Å². The lowest BCUT2D eigenvalue weighted by Crippen LogP contribution is -2.44. The summed E-state index contributed by atoms with van der Waals surface area (Å²) < 4.78 is 4.35. The SMILES string of the molecule is CCn1cc(C(=O)NNC(=O)C(C)Cn2nc(C)c(Br)c2C)cn1. The van der Waals surface area contributed by atoms with Gasteiger partial charge in [-0.05, 0) is 36.7 Å². The lowest BCUT2D eigenvalue weighted by Gasteiger charge is -2.13. The van der Waals surface area contributed by atoms with Crippen molar-refractivity contribution < 1.29 is 9.59 Å². The smallest absolute Gasteiger partial charge is 0.272 e. The summed E-state index contributed by atoms with van der Waals surface area (Å²) >= 11 is 3.46. The maximum absolute atomic E-state index is 12.1. The van der Waals surface area contributed by atoms with Gasteiger partial charge in [0.2, 0.25) is 5.91 Å². The minimum Gasteiger partial charge on any atom is -0.273 e. The van der Waals surface area contributed by atoms with E-state index in [-0.39, 0.29) is 11.8 Å². The molecule has 9 heteroatoms. The quantitative estimate of drug-likeness (QED) is 0.750. The van der Waals surface area contributed by atoms with E-state index < -0.39 is 5.91 Å². The summed E-state index contributed by atoms with van der Waals surface area (Å²) in [7, 11) is 0. The molecule has 8 nitrogen and oxygen atoms in total. The monoisotopic (exact) mass is 396 g/mol. The molecule has 0 bridgehead atoms. The number of nitrogens with zero attached hydrogens (tertiary/aromatic N) is 4. The van der Waals surface area contributed by atoms with Crippen LogP contribution in [0.15, 0.2) is 16.9 Å². The van der Waals surface area contributed by atoms with Gasteiger partial charge in [0.05, 0.1) is 34.4 Å². The van der Waals surface area contributed by atoms with E-state index in [1.807, 2.05) is 20.8 Å². The van der Waals surface area contributed by atoms with Crippen LogP contribution in [0.5, 0.6) is 0 Å². The van der Waals surface area contributed by atoms with Crippen molar-refractivity contribution in [3.8, 4) is 0 Å². The number of nitrogens with one attached hydrogen (secondary N) is 2. The molecular weight excluding hydrogens is 376 g/mol. The first-order chi connectivity index (χ1) is 11.3. The van der Waals surface area contributed by atoms with Crippen LogP contribution in [0, 0.1) is 19.8 Å². The fraction of sp³-hybridized carbons (Fsp3) is 0.467. The van der Waals surface area contributed by atoms with Crippen LogP contribution in [0.4, 0.5) is 0 Å². The zero-order valence-corrected chi connectivity index (χ0v) is 15.7. The van der Waals surface area contributed by atoms with E-state index in [1.165, 1.54) is 6.20 Å². The highest BCUT2D eigenvalue weighted by atomic mass is 79.9. The Morgan fingerprint density at radius 3 is 2.58 bits per heavy atom. The zero-order valence-electron chi connectivity index (χ0n) is 14.1. The van der Waals surface area contributed by atoms with E-state index in [4.69, 9.17) is 0 Å². The van der Waals surface area contributed by atoms with Crippen LogP contribution in [-0.4, -0.2) is 31.4 Å². The summed E-state index contributed by atoms with van der Waals surface area (Å²) in [4.78, 5) is 24.1. The Bertz CT molecular complexity index is 751. The topological polar surface area (TPSA) is 93.8 Å². The van der Waals surface area contributed by atoms with Crippen molar-refractivity contribution >= 4 is 27.7 Å². The lowest BCUT2D eigenvalue weighted by molar-refractivity contribution is -0.125. The van der Waals surface area contributed by atoms with Crippen molar-refractivity contribution in [1.29, 1.82) is 0 Å². The third-order valence-electron chi connectivity index (χ3n) is 3.71. The molecule has 0 aromatic carbocycles. The fourth-order valence-corrected chi connectivity index (χ4v) is 2.45. The Kier molecular flexibility index (Phi) is 5.76. The second-order valence-electron chi connectivity index (χ2n) is 5.60. The predicted molar refractivity (Wildman–Crippen MR) is 92.1 cm³/mol. The molecule has 0 fully saturated rings. The van der Waals surface area contributed by atoms with Crippen LogP contribution in [0.3, 0.4) is 0 Å². The number of hydrogen-bond acceptors (Lipinski definition) is 4. The molecule has 2 rings (SSSR count). The number of carbonyl (C=O) groups is 2. The molecular formula is C15H21BrN6O2. The minimum atomic E-state index is -0.399. The molecule has 2 N–H and O–H groups in total. The minimum absolute atomic E-state index is 0.282. The predicted octanol–water partition coefficient (Wildman–Crippen LogP) is 1.58.